The van der Waals surface area contributed by atoms with Crippen molar-refractivity contribution in [1.82, 2.24) is 5.32 Å². The normalized spacial score (nSPS) is 20.1. The highest BCUT2D eigenvalue weighted by atomic mass is 16.5. The van der Waals surface area contributed by atoms with E-state index in [0.717, 1.165) is 31.6 Å². The van der Waals surface area contributed by atoms with E-state index in [9.17, 15) is 5.11 Å². The lowest BCUT2D eigenvalue weighted by Crippen LogP contribution is -2.25. The monoisotopic (exact) mass is 223 g/mol. The van der Waals surface area contributed by atoms with E-state index in [4.69, 9.17) is 9.84 Å². The van der Waals surface area contributed by atoms with Crippen LogP contribution in [0.4, 0.5) is 0 Å². The van der Waals surface area contributed by atoms with Gasteiger partial charge in [0.25, 0.3) is 0 Å². The van der Waals surface area contributed by atoms with E-state index in [2.05, 4.69) is 5.32 Å². The Hall–Kier alpha value is -1.26. The Labute approximate surface area is 94.9 Å². The molecule has 0 aliphatic carbocycles. The van der Waals surface area contributed by atoms with E-state index in [1.165, 1.54) is 6.07 Å². The lowest BCUT2D eigenvalue weighted by Gasteiger charge is -2.10. The number of benzene rings is 1. The first-order valence-corrected chi connectivity index (χ1v) is 5.59. The van der Waals surface area contributed by atoms with Crippen LogP contribution < -0.4 is 5.32 Å². The number of hydrogen-bond acceptors (Lipinski definition) is 4. The Kier molecular flexibility index (Phi) is 3.64. The van der Waals surface area contributed by atoms with Gasteiger partial charge in [-0.15, -0.1) is 0 Å². The van der Waals surface area contributed by atoms with Crippen LogP contribution in [-0.4, -0.2) is 29.5 Å². The molecule has 1 aromatic carbocycles. The molecule has 88 valence electrons. The largest absolute Gasteiger partial charge is 0.504 e. The molecule has 4 nitrogen and oxygen atoms in total. The molecule has 0 spiro atoms. The van der Waals surface area contributed by atoms with Crippen LogP contribution in [0.25, 0.3) is 0 Å². The Morgan fingerprint density at radius 2 is 2.19 bits per heavy atom. The highest BCUT2D eigenvalue weighted by Gasteiger charge is 2.14. The number of phenolic OH excluding ortho intramolecular Hbond substituents is 2. The first kappa shape index (κ1) is 11.2. The lowest BCUT2D eigenvalue weighted by molar-refractivity contribution is 0.110. The van der Waals surface area contributed by atoms with Gasteiger partial charge in [0.2, 0.25) is 0 Å². The molecular formula is C12H17NO3. The van der Waals surface area contributed by atoms with Crippen molar-refractivity contribution in [3.63, 3.8) is 0 Å². The van der Waals surface area contributed by atoms with Gasteiger partial charge in [0, 0.05) is 19.7 Å². The zero-order valence-electron chi connectivity index (χ0n) is 9.15. The molecule has 0 radical (unpaired) electrons. The molecule has 1 aliphatic rings. The molecule has 1 saturated heterocycles. The van der Waals surface area contributed by atoms with Gasteiger partial charge in [-0.2, -0.15) is 0 Å². The molecule has 1 fully saturated rings. The van der Waals surface area contributed by atoms with Gasteiger partial charge in [-0.25, -0.2) is 0 Å². The smallest absolute Gasteiger partial charge is 0.157 e. The molecule has 4 heteroatoms. The molecule has 16 heavy (non-hydrogen) atoms. The van der Waals surface area contributed by atoms with Crippen LogP contribution in [0.3, 0.4) is 0 Å². The van der Waals surface area contributed by atoms with Crippen LogP contribution in [0.2, 0.25) is 0 Å². The van der Waals surface area contributed by atoms with Crippen molar-refractivity contribution in [1.29, 1.82) is 0 Å². The van der Waals surface area contributed by atoms with Gasteiger partial charge in [-0.05, 0) is 30.5 Å². The van der Waals surface area contributed by atoms with Crippen molar-refractivity contribution in [2.45, 2.75) is 25.5 Å². The minimum absolute atomic E-state index is 0.0728. The van der Waals surface area contributed by atoms with Crippen molar-refractivity contribution < 1.29 is 14.9 Å². The average Bonchev–Trinajstić information content (AvgIpc) is 2.76. The third kappa shape index (κ3) is 2.87. The van der Waals surface area contributed by atoms with Crippen LogP contribution >= 0.6 is 0 Å². The Balaban J connectivity index is 1.78. The maximum atomic E-state index is 9.31. The van der Waals surface area contributed by atoms with Crippen LogP contribution in [0, 0.1) is 0 Å². The molecule has 0 bridgehead atoms. The fourth-order valence-corrected chi connectivity index (χ4v) is 1.86. The summed E-state index contributed by atoms with van der Waals surface area (Å²) in [6.07, 6.45) is 2.59. The van der Waals surface area contributed by atoms with Crippen LogP contribution in [-0.2, 0) is 11.3 Å². The standard InChI is InChI=1S/C12H17NO3/c14-11-4-3-9(6-12(11)15)7-13-8-10-2-1-5-16-10/h3-4,6,10,13-15H,1-2,5,7-8H2/t10-/m0/s1. The van der Waals surface area contributed by atoms with Gasteiger partial charge in [0.05, 0.1) is 6.10 Å². The molecular weight excluding hydrogens is 206 g/mol. The van der Waals surface area contributed by atoms with Crippen LogP contribution in [0.15, 0.2) is 18.2 Å². The minimum atomic E-state index is -0.0807. The summed E-state index contributed by atoms with van der Waals surface area (Å²) < 4.78 is 5.48. The first-order chi connectivity index (χ1) is 7.75. The van der Waals surface area contributed by atoms with Gasteiger partial charge in [-0.3, -0.25) is 0 Å². The second-order valence-corrected chi connectivity index (χ2v) is 4.09. The number of hydrogen-bond donors (Lipinski definition) is 3. The Morgan fingerprint density at radius 1 is 1.31 bits per heavy atom. The summed E-state index contributed by atoms with van der Waals surface area (Å²) >= 11 is 0. The van der Waals surface area contributed by atoms with Gasteiger partial charge >= 0.3 is 0 Å². The predicted octanol–water partition coefficient (Wildman–Crippen LogP) is 1.37. The summed E-state index contributed by atoms with van der Waals surface area (Å²) in [5, 5.41) is 21.7. The van der Waals surface area contributed by atoms with Gasteiger partial charge in [-0.1, -0.05) is 6.07 Å². The molecule has 3 N–H and O–H groups in total. The second kappa shape index (κ2) is 5.18. The maximum absolute atomic E-state index is 9.31. The third-order valence-electron chi connectivity index (χ3n) is 2.76. The van der Waals surface area contributed by atoms with Crippen molar-refractivity contribution in [2.24, 2.45) is 0 Å². The fourth-order valence-electron chi connectivity index (χ4n) is 1.86. The van der Waals surface area contributed by atoms with Crippen LogP contribution in [0.5, 0.6) is 11.5 Å². The van der Waals surface area contributed by atoms with E-state index >= 15 is 0 Å². The average molecular weight is 223 g/mol. The summed E-state index contributed by atoms with van der Waals surface area (Å²) in [7, 11) is 0. The summed E-state index contributed by atoms with van der Waals surface area (Å²) in [5.41, 5.74) is 0.952. The number of nitrogens with one attached hydrogen (secondary N) is 1. The fraction of sp³-hybridized carbons (Fsp3) is 0.500. The second-order valence-electron chi connectivity index (χ2n) is 4.09. The summed E-state index contributed by atoms with van der Waals surface area (Å²) in [6, 6.07) is 4.85. The van der Waals surface area contributed by atoms with Gasteiger partial charge in [0.1, 0.15) is 0 Å². The molecule has 1 aromatic rings. The lowest BCUT2D eigenvalue weighted by atomic mass is 10.2. The SMILES string of the molecule is Oc1ccc(CNC[C@@H]2CCCO2)cc1O. The molecule has 0 saturated carbocycles. The van der Waals surface area contributed by atoms with Crippen molar-refractivity contribution in [3.8, 4) is 11.5 Å². The molecule has 0 unspecified atom stereocenters. The zero-order chi connectivity index (χ0) is 11.4. The molecule has 1 aliphatic heterocycles. The highest BCUT2D eigenvalue weighted by Crippen LogP contribution is 2.24. The van der Waals surface area contributed by atoms with E-state index in [-0.39, 0.29) is 11.5 Å². The van der Waals surface area contributed by atoms with Crippen molar-refractivity contribution >= 4 is 0 Å². The number of rotatable bonds is 4. The van der Waals surface area contributed by atoms with E-state index in [1.807, 2.05) is 0 Å². The van der Waals surface area contributed by atoms with Crippen LogP contribution in [0.1, 0.15) is 18.4 Å². The number of aromatic hydroxyl groups is 2. The van der Waals surface area contributed by atoms with Gasteiger partial charge < -0.3 is 20.3 Å². The topological polar surface area (TPSA) is 61.7 Å². The highest BCUT2D eigenvalue weighted by molar-refractivity contribution is 5.40. The number of ether oxygens (including phenoxy) is 1. The predicted molar refractivity (Wildman–Crippen MR) is 60.5 cm³/mol. The third-order valence-corrected chi connectivity index (χ3v) is 2.76. The summed E-state index contributed by atoms with van der Waals surface area (Å²) in [4.78, 5) is 0. The quantitative estimate of drug-likeness (QED) is 0.675. The minimum Gasteiger partial charge on any atom is -0.504 e. The Bertz CT molecular complexity index is 348. The maximum Gasteiger partial charge on any atom is 0.157 e. The molecule has 1 heterocycles. The van der Waals surface area contributed by atoms with E-state index in [1.54, 1.807) is 12.1 Å². The zero-order valence-corrected chi connectivity index (χ0v) is 9.15. The van der Waals surface area contributed by atoms with E-state index < -0.39 is 0 Å². The Morgan fingerprint density at radius 3 is 2.88 bits per heavy atom. The van der Waals surface area contributed by atoms with Crippen molar-refractivity contribution in [2.75, 3.05) is 13.2 Å². The van der Waals surface area contributed by atoms with E-state index in [0.29, 0.717) is 12.6 Å². The molecule has 0 aromatic heterocycles. The van der Waals surface area contributed by atoms with Gasteiger partial charge in [0.15, 0.2) is 11.5 Å². The van der Waals surface area contributed by atoms with Crippen molar-refractivity contribution in [3.05, 3.63) is 23.8 Å². The first-order valence-electron chi connectivity index (χ1n) is 5.59. The molecule has 1 atom stereocenters. The summed E-state index contributed by atoms with van der Waals surface area (Å²) in [5.74, 6) is -0.153. The summed E-state index contributed by atoms with van der Waals surface area (Å²) in [6.45, 7) is 2.38. The molecule has 0 amide bonds. The molecule has 2 rings (SSSR count). The number of phenols is 2.